The standard InChI is InChI=1S/C12H22FNO2/c1-12(2,3)11(15)16-14-8-5-10(4-7-13)6-9-14/h10H,4-9H2,1-3H3. The molecule has 16 heavy (non-hydrogen) atoms. The zero-order chi connectivity index (χ0) is 12.2. The molecule has 1 saturated heterocycles. The third-order valence-corrected chi connectivity index (χ3v) is 2.92. The summed E-state index contributed by atoms with van der Waals surface area (Å²) in [6.07, 6.45) is 2.48. The molecule has 1 rings (SSSR count). The predicted molar refractivity (Wildman–Crippen MR) is 60.4 cm³/mol. The van der Waals surface area contributed by atoms with Crippen molar-refractivity contribution >= 4 is 5.97 Å². The van der Waals surface area contributed by atoms with Crippen LogP contribution in [0.2, 0.25) is 0 Å². The minimum Gasteiger partial charge on any atom is -0.367 e. The van der Waals surface area contributed by atoms with Crippen LogP contribution in [0.3, 0.4) is 0 Å². The van der Waals surface area contributed by atoms with Crippen LogP contribution in [0, 0.1) is 11.3 Å². The van der Waals surface area contributed by atoms with Crippen LogP contribution >= 0.6 is 0 Å². The first kappa shape index (κ1) is 13.4. The maximum atomic E-state index is 12.1. The minimum absolute atomic E-state index is 0.198. The molecular formula is C12H22FNO2. The second kappa shape index (κ2) is 5.62. The Morgan fingerprint density at radius 2 is 1.94 bits per heavy atom. The number of piperidine rings is 1. The van der Waals surface area contributed by atoms with Gasteiger partial charge in [0.1, 0.15) is 0 Å². The summed E-state index contributed by atoms with van der Waals surface area (Å²) in [4.78, 5) is 16.9. The maximum Gasteiger partial charge on any atom is 0.330 e. The third kappa shape index (κ3) is 4.08. The van der Waals surface area contributed by atoms with Crippen molar-refractivity contribution in [2.24, 2.45) is 11.3 Å². The van der Waals surface area contributed by atoms with Crippen LogP contribution in [0.25, 0.3) is 0 Å². The van der Waals surface area contributed by atoms with Crippen LogP contribution in [0.15, 0.2) is 0 Å². The molecule has 1 fully saturated rings. The molecule has 3 nitrogen and oxygen atoms in total. The van der Waals surface area contributed by atoms with Crippen molar-refractivity contribution in [3.05, 3.63) is 0 Å². The zero-order valence-electron chi connectivity index (χ0n) is 10.5. The van der Waals surface area contributed by atoms with E-state index in [2.05, 4.69) is 0 Å². The Morgan fingerprint density at radius 3 is 2.38 bits per heavy atom. The lowest BCUT2D eigenvalue weighted by atomic mass is 9.95. The summed E-state index contributed by atoms with van der Waals surface area (Å²) < 4.78 is 12.1. The number of hydrogen-bond acceptors (Lipinski definition) is 3. The van der Waals surface area contributed by atoms with Crippen LogP contribution in [0.1, 0.15) is 40.0 Å². The van der Waals surface area contributed by atoms with E-state index in [0.717, 1.165) is 25.9 Å². The summed E-state index contributed by atoms with van der Waals surface area (Å²) in [6.45, 7) is 6.73. The number of halogens is 1. The lowest BCUT2D eigenvalue weighted by molar-refractivity contribution is -0.206. The lowest BCUT2D eigenvalue weighted by Crippen LogP contribution is -2.38. The van der Waals surface area contributed by atoms with Gasteiger partial charge in [-0.1, -0.05) is 0 Å². The molecule has 0 N–H and O–H groups in total. The molecule has 0 aromatic carbocycles. The number of alkyl halides is 1. The monoisotopic (exact) mass is 231 g/mol. The smallest absolute Gasteiger partial charge is 0.330 e. The average molecular weight is 231 g/mol. The van der Waals surface area contributed by atoms with Crippen molar-refractivity contribution in [3.8, 4) is 0 Å². The summed E-state index contributed by atoms with van der Waals surface area (Å²) in [5.74, 6) is 0.256. The van der Waals surface area contributed by atoms with E-state index in [1.165, 1.54) is 0 Å². The highest BCUT2D eigenvalue weighted by molar-refractivity contribution is 5.75. The molecule has 0 bridgehead atoms. The van der Waals surface area contributed by atoms with Crippen molar-refractivity contribution in [2.45, 2.75) is 40.0 Å². The summed E-state index contributed by atoms with van der Waals surface area (Å²) in [7, 11) is 0. The number of carbonyl (C=O) groups excluding carboxylic acids is 1. The fourth-order valence-corrected chi connectivity index (χ4v) is 1.70. The first-order valence-electron chi connectivity index (χ1n) is 5.97. The summed E-state index contributed by atoms with van der Waals surface area (Å²) in [5, 5.41) is 1.71. The van der Waals surface area contributed by atoms with Crippen LogP contribution in [-0.2, 0) is 9.63 Å². The number of carbonyl (C=O) groups is 1. The van der Waals surface area contributed by atoms with Gasteiger partial charge in [-0.2, -0.15) is 0 Å². The largest absolute Gasteiger partial charge is 0.367 e. The van der Waals surface area contributed by atoms with Crippen molar-refractivity contribution in [2.75, 3.05) is 19.8 Å². The number of rotatable bonds is 3. The van der Waals surface area contributed by atoms with E-state index in [1.54, 1.807) is 5.06 Å². The lowest BCUT2D eigenvalue weighted by Gasteiger charge is -2.31. The molecule has 0 saturated carbocycles. The van der Waals surface area contributed by atoms with Crippen LogP contribution < -0.4 is 0 Å². The molecule has 0 aromatic rings. The first-order valence-corrected chi connectivity index (χ1v) is 5.97. The van der Waals surface area contributed by atoms with Crippen molar-refractivity contribution in [1.29, 1.82) is 0 Å². The van der Waals surface area contributed by atoms with Crippen LogP contribution in [0.4, 0.5) is 4.39 Å². The number of hydroxylamine groups is 2. The van der Waals surface area contributed by atoms with E-state index in [9.17, 15) is 9.18 Å². The highest BCUT2D eigenvalue weighted by Crippen LogP contribution is 2.22. The molecule has 0 spiro atoms. The van der Waals surface area contributed by atoms with Gasteiger partial charge in [0.05, 0.1) is 12.1 Å². The van der Waals surface area contributed by atoms with E-state index < -0.39 is 5.41 Å². The second-order valence-corrected chi connectivity index (χ2v) is 5.48. The van der Waals surface area contributed by atoms with E-state index >= 15 is 0 Å². The molecule has 1 heterocycles. The van der Waals surface area contributed by atoms with Crippen LogP contribution in [0.5, 0.6) is 0 Å². The van der Waals surface area contributed by atoms with Gasteiger partial charge < -0.3 is 4.84 Å². The van der Waals surface area contributed by atoms with Crippen LogP contribution in [-0.4, -0.2) is 30.8 Å². The van der Waals surface area contributed by atoms with Gasteiger partial charge in [0.25, 0.3) is 0 Å². The molecule has 0 radical (unpaired) electrons. The van der Waals surface area contributed by atoms with Crippen molar-refractivity contribution in [1.82, 2.24) is 5.06 Å². The Labute approximate surface area is 96.9 Å². The quantitative estimate of drug-likeness (QED) is 0.747. The molecule has 4 heteroatoms. The number of hydrogen-bond donors (Lipinski definition) is 0. The number of nitrogens with zero attached hydrogens (tertiary/aromatic N) is 1. The van der Waals surface area contributed by atoms with Gasteiger partial charge in [-0.05, 0) is 46.0 Å². The third-order valence-electron chi connectivity index (χ3n) is 2.92. The molecule has 0 unspecified atom stereocenters. The van der Waals surface area contributed by atoms with Crippen molar-refractivity contribution < 1.29 is 14.0 Å². The minimum atomic E-state index is -0.463. The fourth-order valence-electron chi connectivity index (χ4n) is 1.70. The van der Waals surface area contributed by atoms with Gasteiger partial charge in [0.2, 0.25) is 0 Å². The van der Waals surface area contributed by atoms with Gasteiger partial charge >= 0.3 is 5.97 Å². The summed E-state index contributed by atoms with van der Waals surface area (Å²) in [5.41, 5.74) is -0.463. The molecule has 1 aliphatic heterocycles. The Balaban J connectivity index is 2.30. The highest BCUT2D eigenvalue weighted by Gasteiger charge is 2.28. The molecule has 0 aromatic heterocycles. The van der Waals surface area contributed by atoms with E-state index in [0.29, 0.717) is 12.3 Å². The predicted octanol–water partition coefficient (Wildman–Crippen LogP) is 2.56. The molecule has 0 atom stereocenters. The Morgan fingerprint density at radius 1 is 1.38 bits per heavy atom. The van der Waals surface area contributed by atoms with Gasteiger partial charge in [-0.3, -0.25) is 4.39 Å². The SMILES string of the molecule is CC(C)(C)C(=O)ON1CCC(CCF)CC1. The van der Waals surface area contributed by atoms with Gasteiger partial charge in [-0.15, -0.1) is 5.06 Å². The first-order chi connectivity index (χ1) is 7.43. The van der Waals surface area contributed by atoms with Crippen molar-refractivity contribution in [3.63, 3.8) is 0 Å². The summed E-state index contributed by atoms with van der Waals surface area (Å²) >= 11 is 0. The highest BCUT2D eigenvalue weighted by atomic mass is 19.1. The van der Waals surface area contributed by atoms with Gasteiger partial charge in [-0.25, -0.2) is 4.79 Å². The topological polar surface area (TPSA) is 29.5 Å². The molecular weight excluding hydrogens is 209 g/mol. The van der Waals surface area contributed by atoms with E-state index in [-0.39, 0.29) is 12.6 Å². The van der Waals surface area contributed by atoms with Gasteiger partial charge in [0.15, 0.2) is 0 Å². The van der Waals surface area contributed by atoms with E-state index in [1.807, 2.05) is 20.8 Å². The van der Waals surface area contributed by atoms with Gasteiger partial charge in [0, 0.05) is 13.1 Å². The second-order valence-electron chi connectivity index (χ2n) is 5.48. The summed E-state index contributed by atoms with van der Waals surface area (Å²) in [6, 6.07) is 0. The molecule has 94 valence electrons. The Kier molecular flexibility index (Phi) is 4.71. The van der Waals surface area contributed by atoms with E-state index in [4.69, 9.17) is 4.84 Å². The fraction of sp³-hybridized carbons (Fsp3) is 0.917. The molecule has 1 aliphatic rings. The maximum absolute atomic E-state index is 12.1. The Bertz CT molecular complexity index is 230. The molecule has 0 amide bonds. The average Bonchev–Trinajstić information content (AvgIpc) is 2.20. The molecule has 0 aliphatic carbocycles. The Hall–Kier alpha value is -0.640. The zero-order valence-corrected chi connectivity index (χ0v) is 10.5. The normalized spacial score (nSPS) is 19.8.